The summed E-state index contributed by atoms with van der Waals surface area (Å²) in [6, 6.07) is 2.15. The van der Waals surface area contributed by atoms with Gasteiger partial charge in [0.25, 0.3) is 0 Å². The summed E-state index contributed by atoms with van der Waals surface area (Å²) in [6.45, 7) is 1.63. The van der Waals surface area contributed by atoms with E-state index in [0.29, 0.717) is 13.0 Å². The number of anilines is 1. The minimum absolute atomic E-state index is 0.0497. The number of hydrogen-bond donors (Lipinski definition) is 5. The van der Waals surface area contributed by atoms with Gasteiger partial charge in [0.2, 0.25) is 10.0 Å². The van der Waals surface area contributed by atoms with E-state index in [1.54, 1.807) is 0 Å². The maximum absolute atomic E-state index is 12.4. The van der Waals surface area contributed by atoms with Crippen molar-refractivity contribution in [2.75, 3.05) is 37.8 Å². The Bertz CT molecular complexity index is 946. The Morgan fingerprint density at radius 2 is 2.03 bits per heavy atom. The van der Waals surface area contributed by atoms with E-state index >= 15 is 0 Å². The van der Waals surface area contributed by atoms with Crippen LogP contribution in [0.3, 0.4) is 0 Å². The lowest BCUT2D eigenvalue weighted by molar-refractivity contribution is -0.148. The van der Waals surface area contributed by atoms with Gasteiger partial charge < -0.3 is 25.7 Å². The number of pyridine rings is 1. The second-order valence-electron chi connectivity index (χ2n) is 8.43. The highest BCUT2D eigenvalue weighted by Crippen LogP contribution is 2.27. The molecule has 2 aliphatic heterocycles. The summed E-state index contributed by atoms with van der Waals surface area (Å²) in [5, 5.41) is 26.2. The van der Waals surface area contributed by atoms with Crippen LogP contribution < -0.4 is 15.4 Å². The van der Waals surface area contributed by atoms with Crippen molar-refractivity contribution in [1.29, 1.82) is 0 Å². The topological polar surface area (TPSA) is 161 Å². The number of piperidine rings is 1. The van der Waals surface area contributed by atoms with E-state index in [4.69, 9.17) is 0 Å². The standard InChI is InChI=1S/C20H31N5O6S/c1-32(30,31)24-16(18(26)27)20(29)8-12-25(13-9-20)19(28)22-11-3-5-15-7-6-14-4-2-10-21-17(14)23-15/h6-7,16,24,29H,2-5,8-13H2,1H3,(H,21,23)(H,22,28)(H,26,27). The molecule has 1 unspecified atom stereocenters. The monoisotopic (exact) mass is 469 g/mol. The number of urea groups is 1. The van der Waals surface area contributed by atoms with E-state index in [-0.39, 0.29) is 32.0 Å². The first-order chi connectivity index (χ1) is 15.1. The number of carbonyl (C=O) groups is 2. The smallest absolute Gasteiger partial charge is 0.324 e. The first-order valence-electron chi connectivity index (χ1n) is 10.8. The summed E-state index contributed by atoms with van der Waals surface area (Å²) in [7, 11) is -3.82. The summed E-state index contributed by atoms with van der Waals surface area (Å²) >= 11 is 0. The second kappa shape index (κ2) is 10.0. The van der Waals surface area contributed by atoms with Crippen LogP contribution in [-0.4, -0.2) is 84.6 Å². The van der Waals surface area contributed by atoms with Gasteiger partial charge in [-0.1, -0.05) is 6.07 Å². The zero-order chi connectivity index (χ0) is 23.4. The quantitative estimate of drug-likeness (QED) is 0.330. The van der Waals surface area contributed by atoms with Crippen molar-refractivity contribution in [3.63, 3.8) is 0 Å². The van der Waals surface area contributed by atoms with Crippen LogP contribution in [0.15, 0.2) is 12.1 Å². The number of nitrogens with one attached hydrogen (secondary N) is 3. The molecule has 11 nitrogen and oxygen atoms in total. The normalized spacial score (nSPS) is 18.9. The van der Waals surface area contributed by atoms with Crippen molar-refractivity contribution >= 4 is 27.8 Å². The summed E-state index contributed by atoms with van der Waals surface area (Å²) in [5.74, 6) is -0.509. The molecule has 1 fully saturated rings. The van der Waals surface area contributed by atoms with Crippen LogP contribution in [0.5, 0.6) is 0 Å². The maximum Gasteiger partial charge on any atom is 0.324 e. The Morgan fingerprint density at radius 1 is 1.31 bits per heavy atom. The van der Waals surface area contributed by atoms with Gasteiger partial charge in [-0.05, 0) is 50.2 Å². The van der Waals surface area contributed by atoms with Crippen molar-refractivity contribution in [3.05, 3.63) is 23.4 Å². The average Bonchev–Trinajstić information content (AvgIpc) is 2.74. The molecule has 2 amide bonds. The number of amides is 2. The lowest BCUT2D eigenvalue weighted by atomic mass is 9.85. The number of carboxylic acids is 1. The number of carbonyl (C=O) groups excluding carboxylic acids is 1. The van der Waals surface area contributed by atoms with Gasteiger partial charge >= 0.3 is 12.0 Å². The summed E-state index contributed by atoms with van der Waals surface area (Å²) in [6.07, 6.45) is 4.33. The zero-order valence-corrected chi connectivity index (χ0v) is 18.9. The van der Waals surface area contributed by atoms with Crippen LogP contribution in [0.1, 0.15) is 36.9 Å². The first kappa shape index (κ1) is 24.2. The molecule has 2 aliphatic rings. The van der Waals surface area contributed by atoms with Gasteiger partial charge in [0, 0.05) is 31.9 Å². The number of aliphatic carboxylic acids is 1. The number of carboxylic acid groups (broad SMARTS) is 1. The predicted molar refractivity (Wildman–Crippen MR) is 118 cm³/mol. The van der Waals surface area contributed by atoms with Gasteiger partial charge in [-0.3, -0.25) is 4.79 Å². The fraction of sp³-hybridized carbons (Fsp3) is 0.650. The molecule has 5 N–H and O–H groups in total. The fourth-order valence-electron chi connectivity index (χ4n) is 4.07. The number of aryl methyl sites for hydroxylation is 2. The molecule has 12 heteroatoms. The Kier molecular flexibility index (Phi) is 7.57. The van der Waals surface area contributed by atoms with Gasteiger partial charge in [-0.2, -0.15) is 4.72 Å². The van der Waals surface area contributed by atoms with Crippen molar-refractivity contribution in [2.24, 2.45) is 0 Å². The highest BCUT2D eigenvalue weighted by Gasteiger charge is 2.45. The predicted octanol–water partition coefficient (Wildman–Crippen LogP) is -0.0888. The molecule has 1 saturated heterocycles. The van der Waals surface area contributed by atoms with Gasteiger partial charge in [-0.15, -0.1) is 0 Å². The van der Waals surface area contributed by atoms with E-state index in [2.05, 4.69) is 21.7 Å². The molecule has 3 rings (SSSR count). The maximum atomic E-state index is 12.4. The lowest BCUT2D eigenvalue weighted by Crippen LogP contribution is -2.61. The molecule has 0 spiro atoms. The molecule has 0 saturated carbocycles. The molecule has 1 atom stereocenters. The minimum atomic E-state index is -3.82. The number of rotatable bonds is 8. The molecule has 3 heterocycles. The molecule has 0 aromatic carbocycles. The van der Waals surface area contributed by atoms with E-state index in [0.717, 1.165) is 43.6 Å². The highest BCUT2D eigenvalue weighted by atomic mass is 32.2. The summed E-state index contributed by atoms with van der Waals surface area (Å²) < 4.78 is 24.9. The third kappa shape index (κ3) is 6.30. The second-order valence-corrected chi connectivity index (χ2v) is 10.2. The number of aromatic nitrogens is 1. The summed E-state index contributed by atoms with van der Waals surface area (Å²) in [4.78, 5) is 30.0. The number of sulfonamides is 1. The minimum Gasteiger partial charge on any atom is -0.480 e. The first-order valence-corrected chi connectivity index (χ1v) is 12.6. The highest BCUT2D eigenvalue weighted by molar-refractivity contribution is 7.88. The van der Waals surface area contributed by atoms with Crippen LogP contribution in [-0.2, 0) is 27.7 Å². The van der Waals surface area contributed by atoms with E-state index in [1.807, 2.05) is 10.8 Å². The van der Waals surface area contributed by atoms with Crippen LogP contribution in [0.2, 0.25) is 0 Å². The number of aliphatic hydroxyl groups is 1. The number of nitrogens with zero attached hydrogens (tertiary/aromatic N) is 2. The van der Waals surface area contributed by atoms with Crippen LogP contribution in [0.25, 0.3) is 0 Å². The van der Waals surface area contributed by atoms with Gasteiger partial charge in [-0.25, -0.2) is 18.2 Å². The number of fused-ring (bicyclic) bond motifs is 1. The van der Waals surface area contributed by atoms with Crippen LogP contribution in [0, 0.1) is 0 Å². The van der Waals surface area contributed by atoms with E-state index < -0.39 is 27.6 Å². The Morgan fingerprint density at radius 3 is 2.69 bits per heavy atom. The zero-order valence-electron chi connectivity index (χ0n) is 18.1. The van der Waals surface area contributed by atoms with Crippen LogP contribution in [0.4, 0.5) is 10.6 Å². The number of hydrogen-bond acceptors (Lipinski definition) is 7. The molecule has 178 valence electrons. The molecular weight excluding hydrogens is 438 g/mol. The third-order valence-electron chi connectivity index (χ3n) is 5.87. The Balaban J connectivity index is 1.44. The lowest BCUT2D eigenvalue weighted by Gasteiger charge is -2.41. The van der Waals surface area contributed by atoms with E-state index in [9.17, 15) is 28.2 Å². The molecular formula is C20H31N5O6S. The third-order valence-corrected chi connectivity index (χ3v) is 6.53. The molecule has 0 radical (unpaired) electrons. The Labute approximate surface area is 187 Å². The number of likely N-dealkylation sites (tertiary alicyclic amines) is 1. The van der Waals surface area contributed by atoms with Gasteiger partial charge in [0.05, 0.1) is 11.9 Å². The van der Waals surface area contributed by atoms with Crippen molar-refractivity contribution in [3.8, 4) is 0 Å². The molecule has 1 aromatic heterocycles. The SMILES string of the molecule is CS(=O)(=O)NC(C(=O)O)C1(O)CCN(C(=O)NCCCc2ccc3c(n2)NCCC3)CC1. The van der Waals surface area contributed by atoms with Crippen molar-refractivity contribution < 1.29 is 28.2 Å². The molecule has 0 bridgehead atoms. The molecule has 0 aliphatic carbocycles. The van der Waals surface area contributed by atoms with Crippen molar-refractivity contribution in [1.82, 2.24) is 19.9 Å². The fourth-order valence-corrected chi connectivity index (χ4v) is 4.82. The van der Waals surface area contributed by atoms with Gasteiger partial charge in [0.1, 0.15) is 11.9 Å². The van der Waals surface area contributed by atoms with Crippen LogP contribution >= 0.6 is 0 Å². The van der Waals surface area contributed by atoms with Gasteiger partial charge in [0.15, 0.2) is 0 Å². The summed E-state index contributed by atoms with van der Waals surface area (Å²) in [5.41, 5.74) is 0.432. The Hall–Kier alpha value is -2.44. The molecule has 32 heavy (non-hydrogen) atoms. The van der Waals surface area contributed by atoms with Crippen molar-refractivity contribution in [2.45, 2.75) is 50.2 Å². The average molecular weight is 470 g/mol. The largest absolute Gasteiger partial charge is 0.480 e. The molecule has 1 aromatic rings. The van der Waals surface area contributed by atoms with E-state index in [1.165, 1.54) is 10.5 Å².